The molecule has 1 fully saturated rings. The van der Waals surface area contributed by atoms with Gasteiger partial charge in [-0.3, -0.25) is 9.69 Å². The van der Waals surface area contributed by atoms with Gasteiger partial charge in [0.25, 0.3) is 5.91 Å². The molecule has 2 aromatic rings. The largest absolute Gasteiger partial charge is 0.304 e. The first-order chi connectivity index (χ1) is 11.8. The molecule has 25 heavy (non-hydrogen) atoms. The Morgan fingerprint density at radius 1 is 1.12 bits per heavy atom. The van der Waals surface area contributed by atoms with Crippen LogP contribution >= 0.6 is 23.8 Å². The second kappa shape index (κ2) is 6.14. The number of halogens is 1. The normalized spacial score (nSPS) is 16.3. The van der Waals surface area contributed by atoms with Crippen LogP contribution in [0.15, 0.2) is 42.5 Å². The van der Waals surface area contributed by atoms with Crippen molar-refractivity contribution in [3.63, 3.8) is 0 Å². The van der Waals surface area contributed by atoms with E-state index < -0.39 is 5.54 Å². The smallest absolute Gasteiger partial charge is 0.259 e. The van der Waals surface area contributed by atoms with Crippen molar-refractivity contribution in [2.45, 2.75) is 26.3 Å². The van der Waals surface area contributed by atoms with E-state index in [9.17, 15) is 4.79 Å². The van der Waals surface area contributed by atoms with Crippen LogP contribution in [0.2, 0.25) is 5.02 Å². The lowest BCUT2D eigenvalue weighted by Gasteiger charge is -2.29. The molecule has 0 aromatic heterocycles. The van der Waals surface area contributed by atoms with E-state index >= 15 is 0 Å². The van der Waals surface area contributed by atoms with E-state index in [4.69, 9.17) is 30.4 Å². The quantitative estimate of drug-likeness (QED) is 0.543. The average Bonchev–Trinajstić information content (AvgIpc) is 2.74. The number of carbonyl (C=O) groups is 1. The predicted octanol–water partition coefficient (Wildman–Crippen LogP) is 5.12. The summed E-state index contributed by atoms with van der Waals surface area (Å²) in [5.74, 6) is -0.135. The summed E-state index contributed by atoms with van der Waals surface area (Å²) in [6, 6.07) is 12.8. The number of benzene rings is 2. The monoisotopic (exact) mass is 369 g/mol. The third-order valence-electron chi connectivity index (χ3n) is 4.27. The maximum Gasteiger partial charge on any atom is 0.259 e. The number of nitrogens with zero attached hydrogens (tertiary/aromatic N) is 3. The molecule has 0 aliphatic carbocycles. The minimum atomic E-state index is -0.822. The van der Waals surface area contributed by atoms with Gasteiger partial charge in [0.1, 0.15) is 5.54 Å². The van der Waals surface area contributed by atoms with Crippen molar-refractivity contribution in [1.82, 2.24) is 0 Å². The van der Waals surface area contributed by atoms with Gasteiger partial charge in [0.15, 0.2) is 5.11 Å². The number of rotatable bonds is 2. The first-order valence-corrected chi connectivity index (χ1v) is 8.48. The zero-order chi connectivity index (χ0) is 18.4. The van der Waals surface area contributed by atoms with Crippen LogP contribution in [0.4, 0.5) is 17.1 Å². The number of hydrogen-bond donors (Lipinski definition) is 0. The molecule has 1 aliphatic rings. The van der Waals surface area contributed by atoms with Gasteiger partial charge in [-0.2, -0.15) is 0 Å². The fourth-order valence-electron chi connectivity index (χ4n) is 2.88. The van der Waals surface area contributed by atoms with Crippen molar-refractivity contribution < 1.29 is 4.79 Å². The maximum absolute atomic E-state index is 13.0. The van der Waals surface area contributed by atoms with E-state index in [1.54, 1.807) is 18.2 Å². The number of aryl methyl sites for hydroxylation is 1. The highest BCUT2D eigenvalue weighted by Crippen LogP contribution is 2.38. The summed E-state index contributed by atoms with van der Waals surface area (Å²) in [4.78, 5) is 19.7. The Bertz CT molecular complexity index is 915. The molecule has 1 amide bonds. The molecule has 4 nitrogen and oxygen atoms in total. The van der Waals surface area contributed by atoms with Gasteiger partial charge in [0.05, 0.1) is 12.3 Å². The Morgan fingerprint density at radius 2 is 1.72 bits per heavy atom. The lowest BCUT2D eigenvalue weighted by molar-refractivity contribution is -0.120. The fourth-order valence-corrected chi connectivity index (χ4v) is 3.61. The van der Waals surface area contributed by atoms with Crippen LogP contribution in [-0.2, 0) is 4.79 Å². The van der Waals surface area contributed by atoms with E-state index in [-0.39, 0.29) is 5.91 Å². The standard InChI is InChI=1S/C19H16ClN3OS/c1-12-5-7-13(8-6-12)23-18(25)22(17(24)19(23,2)3)14-9-10-16(21-4)15(20)11-14/h5-11H,1-3H3. The van der Waals surface area contributed by atoms with Crippen LogP contribution in [0.5, 0.6) is 0 Å². The number of carbonyl (C=O) groups excluding carboxylic acids is 1. The van der Waals surface area contributed by atoms with Gasteiger partial charge in [-0.1, -0.05) is 35.4 Å². The van der Waals surface area contributed by atoms with E-state index in [0.29, 0.717) is 21.5 Å². The molecule has 0 saturated carbocycles. The Hall–Kier alpha value is -2.42. The zero-order valence-electron chi connectivity index (χ0n) is 14.1. The third-order valence-corrected chi connectivity index (χ3v) is 4.94. The summed E-state index contributed by atoms with van der Waals surface area (Å²) >= 11 is 11.8. The molecule has 126 valence electrons. The van der Waals surface area contributed by atoms with Crippen molar-refractivity contribution >= 4 is 51.9 Å². The highest BCUT2D eigenvalue weighted by atomic mass is 35.5. The van der Waals surface area contributed by atoms with Crippen LogP contribution in [0, 0.1) is 13.5 Å². The molecule has 6 heteroatoms. The van der Waals surface area contributed by atoms with Gasteiger partial charge in [-0.05, 0) is 57.3 Å². The molecule has 1 saturated heterocycles. The van der Waals surface area contributed by atoms with Gasteiger partial charge < -0.3 is 4.90 Å². The molecule has 3 rings (SSSR count). The number of thiocarbonyl (C=S) groups is 1. The van der Waals surface area contributed by atoms with Crippen LogP contribution in [-0.4, -0.2) is 16.6 Å². The highest BCUT2D eigenvalue weighted by molar-refractivity contribution is 7.81. The average molecular weight is 370 g/mol. The first kappa shape index (κ1) is 17.4. The van der Waals surface area contributed by atoms with E-state index in [1.165, 1.54) is 4.90 Å². The summed E-state index contributed by atoms with van der Waals surface area (Å²) in [5, 5.41) is 0.695. The Morgan fingerprint density at radius 3 is 2.28 bits per heavy atom. The minimum Gasteiger partial charge on any atom is -0.304 e. The molecule has 0 radical (unpaired) electrons. The molecule has 2 aromatic carbocycles. The van der Waals surface area contributed by atoms with Gasteiger partial charge in [-0.25, -0.2) is 4.85 Å². The second-order valence-electron chi connectivity index (χ2n) is 6.40. The predicted molar refractivity (Wildman–Crippen MR) is 106 cm³/mol. The minimum absolute atomic E-state index is 0.135. The Balaban J connectivity index is 2.07. The van der Waals surface area contributed by atoms with E-state index in [2.05, 4.69) is 4.85 Å². The Kier molecular flexibility index (Phi) is 4.28. The molecular formula is C19H16ClN3OS. The van der Waals surface area contributed by atoms with Crippen LogP contribution in [0.1, 0.15) is 19.4 Å². The van der Waals surface area contributed by atoms with Gasteiger partial charge in [-0.15, -0.1) is 0 Å². The summed E-state index contributed by atoms with van der Waals surface area (Å²) < 4.78 is 0. The fraction of sp³-hybridized carbons (Fsp3) is 0.211. The van der Waals surface area contributed by atoms with Crippen molar-refractivity contribution in [3.8, 4) is 0 Å². The number of amides is 1. The SMILES string of the molecule is [C-]#[N+]c1ccc(N2C(=O)C(C)(C)N(c3ccc(C)cc3)C2=S)cc1Cl. The lowest BCUT2D eigenvalue weighted by Crippen LogP contribution is -2.44. The zero-order valence-corrected chi connectivity index (χ0v) is 15.6. The van der Waals surface area contributed by atoms with Gasteiger partial charge in [0, 0.05) is 10.7 Å². The van der Waals surface area contributed by atoms with Crippen LogP contribution < -0.4 is 9.80 Å². The molecular weight excluding hydrogens is 354 g/mol. The van der Waals surface area contributed by atoms with Gasteiger partial charge >= 0.3 is 0 Å². The third kappa shape index (κ3) is 2.78. The van der Waals surface area contributed by atoms with Crippen molar-refractivity contribution in [3.05, 3.63) is 64.5 Å². The summed E-state index contributed by atoms with van der Waals surface area (Å²) in [7, 11) is 0. The molecule has 0 spiro atoms. The molecule has 0 N–H and O–H groups in total. The maximum atomic E-state index is 13.0. The lowest BCUT2D eigenvalue weighted by atomic mass is 10.0. The van der Waals surface area contributed by atoms with Crippen molar-refractivity contribution in [2.75, 3.05) is 9.80 Å². The summed E-state index contributed by atoms with van der Waals surface area (Å²) in [6.45, 7) is 12.8. The van der Waals surface area contributed by atoms with Gasteiger partial charge in [0.2, 0.25) is 5.69 Å². The number of hydrogen-bond acceptors (Lipinski definition) is 2. The second-order valence-corrected chi connectivity index (χ2v) is 7.17. The van der Waals surface area contributed by atoms with Crippen molar-refractivity contribution in [1.29, 1.82) is 0 Å². The molecule has 0 unspecified atom stereocenters. The van der Waals surface area contributed by atoms with E-state index in [1.807, 2.05) is 49.9 Å². The summed E-state index contributed by atoms with van der Waals surface area (Å²) in [5.41, 5.74) is 2.08. The summed E-state index contributed by atoms with van der Waals surface area (Å²) in [6.07, 6.45) is 0. The van der Waals surface area contributed by atoms with Crippen LogP contribution in [0.25, 0.3) is 4.85 Å². The molecule has 0 bridgehead atoms. The highest BCUT2D eigenvalue weighted by Gasteiger charge is 2.50. The van der Waals surface area contributed by atoms with Crippen molar-refractivity contribution in [2.24, 2.45) is 0 Å². The van der Waals surface area contributed by atoms with E-state index in [0.717, 1.165) is 11.3 Å². The first-order valence-electron chi connectivity index (χ1n) is 7.70. The molecule has 1 heterocycles. The molecule has 0 atom stereocenters. The number of anilines is 2. The Labute approximate surface area is 157 Å². The molecule has 1 aliphatic heterocycles. The topological polar surface area (TPSA) is 27.9 Å². The van der Waals surface area contributed by atoms with Crippen LogP contribution in [0.3, 0.4) is 0 Å².